The van der Waals surface area contributed by atoms with Crippen LogP contribution >= 0.6 is 11.6 Å². The Labute approximate surface area is 180 Å². The number of nitrogens with one attached hydrogen (secondary N) is 1. The van der Waals surface area contributed by atoms with Crippen molar-refractivity contribution in [1.29, 1.82) is 0 Å². The molecule has 2 aromatic rings. The van der Waals surface area contributed by atoms with E-state index in [-0.39, 0.29) is 11.7 Å². The Balaban J connectivity index is 1.69. The van der Waals surface area contributed by atoms with Gasteiger partial charge in [-0.25, -0.2) is 0 Å². The summed E-state index contributed by atoms with van der Waals surface area (Å²) in [7, 11) is 0. The molecular weight excluding hydrogens is 402 g/mol. The lowest BCUT2D eigenvalue weighted by Crippen LogP contribution is -2.39. The summed E-state index contributed by atoms with van der Waals surface area (Å²) in [5.74, 6) is -1.67. The van der Waals surface area contributed by atoms with Crippen molar-refractivity contribution in [1.82, 2.24) is 0 Å². The molecule has 5 nitrogen and oxygen atoms in total. The van der Waals surface area contributed by atoms with Crippen LogP contribution in [0.4, 0.5) is 5.69 Å². The van der Waals surface area contributed by atoms with E-state index in [9.17, 15) is 14.4 Å². The molecule has 2 aromatic carbocycles. The molecule has 1 heterocycles. The molecule has 0 radical (unpaired) electrons. The van der Waals surface area contributed by atoms with Crippen LogP contribution in [0.3, 0.4) is 0 Å². The zero-order valence-electron chi connectivity index (χ0n) is 17.1. The minimum absolute atomic E-state index is 0.133. The molecule has 6 heteroatoms. The number of rotatable bonds is 3. The molecule has 156 valence electrons. The van der Waals surface area contributed by atoms with Gasteiger partial charge in [-0.3, -0.25) is 14.4 Å². The number of hydrogen-bond donors (Lipinski definition) is 1. The maximum atomic E-state index is 13.2. The quantitative estimate of drug-likeness (QED) is 0.542. The summed E-state index contributed by atoms with van der Waals surface area (Å²) >= 11 is 6.59. The van der Waals surface area contributed by atoms with Crippen LogP contribution in [0.25, 0.3) is 11.1 Å². The van der Waals surface area contributed by atoms with Crippen molar-refractivity contribution in [3.05, 3.63) is 52.5 Å². The fraction of sp³-hybridized carbons (Fsp3) is 0.375. The molecular formula is C24H24ClNO4. The molecule has 30 heavy (non-hydrogen) atoms. The van der Waals surface area contributed by atoms with Gasteiger partial charge in [0.05, 0.1) is 0 Å². The first kappa shape index (κ1) is 20.6. The monoisotopic (exact) mass is 425 g/mol. The number of esters is 1. The normalized spacial score (nSPS) is 20.3. The van der Waals surface area contributed by atoms with E-state index in [1.54, 1.807) is 12.1 Å². The van der Waals surface area contributed by atoms with E-state index < -0.39 is 17.5 Å². The molecule has 1 saturated heterocycles. The average molecular weight is 426 g/mol. The summed E-state index contributed by atoms with van der Waals surface area (Å²) < 4.78 is 5.66. The van der Waals surface area contributed by atoms with E-state index >= 15 is 0 Å². The van der Waals surface area contributed by atoms with E-state index in [1.807, 2.05) is 31.2 Å². The van der Waals surface area contributed by atoms with Crippen molar-refractivity contribution in [3.63, 3.8) is 0 Å². The van der Waals surface area contributed by atoms with Crippen molar-refractivity contribution in [2.75, 3.05) is 5.32 Å². The summed E-state index contributed by atoms with van der Waals surface area (Å²) in [6, 6.07) is 11.0. The van der Waals surface area contributed by atoms with Gasteiger partial charge in [0, 0.05) is 23.2 Å². The van der Waals surface area contributed by atoms with E-state index in [0.717, 1.165) is 36.0 Å². The van der Waals surface area contributed by atoms with Crippen LogP contribution < -0.4 is 5.32 Å². The van der Waals surface area contributed by atoms with Crippen molar-refractivity contribution in [2.24, 2.45) is 0 Å². The Kier molecular flexibility index (Phi) is 5.41. The minimum Gasteiger partial charge on any atom is -0.450 e. The summed E-state index contributed by atoms with van der Waals surface area (Å²) in [5.41, 5.74) is 2.75. The molecule has 1 aliphatic heterocycles. The first-order valence-corrected chi connectivity index (χ1v) is 10.6. The molecule has 1 unspecified atom stereocenters. The van der Waals surface area contributed by atoms with Gasteiger partial charge in [0.15, 0.2) is 11.4 Å². The van der Waals surface area contributed by atoms with E-state index in [4.69, 9.17) is 16.3 Å². The number of aryl methyl sites for hydroxylation is 1. The zero-order chi connectivity index (χ0) is 21.5. The molecule has 2 aliphatic rings. The highest BCUT2D eigenvalue weighted by atomic mass is 35.5. The fourth-order valence-electron chi connectivity index (χ4n) is 4.61. The highest BCUT2D eigenvalue weighted by Gasteiger charge is 2.55. The number of Topliss-reactive ketones (excluding diaryl/α,β-unsaturated/α-hetero) is 1. The third kappa shape index (κ3) is 3.63. The minimum atomic E-state index is -0.954. The maximum Gasteiger partial charge on any atom is 0.322 e. The first-order valence-electron chi connectivity index (χ1n) is 10.3. The van der Waals surface area contributed by atoms with Crippen LogP contribution in [0.1, 0.15) is 56.1 Å². The molecule has 0 bridgehead atoms. The Morgan fingerprint density at radius 2 is 1.87 bits per heavy atom. The number of ether oxygens (including phenoxy) is 1. The number of hydrogen-bond acceptors (Lipinski definition) is 4. The van der Waals surface area contributed by atoms with Crippen molar-refractivity contribution < 1.29 is 19.1 Å². The summed E-state index contributed by atoms with van der Waals surface area (Å²) in [5, 5.41) is 3.21. The predicted octanol–water partition coefficient (Wildman–Crippen LogP) is 5.19. The number of carbonyl (C=O) groups excluding carboxylic acids is 3. The van der Waals surface area contributed by atoms with Gasteiger partial charge in [-0.05, 0) is 73.6 Å². The van der Waals surface area contributed by atoms with Gasteiger partial charge in [0.1, 0.15) is 5.92 Å². The molecule has 1 atom stereocenters. The largest absolute Gasteiger partial charge is 0.450 e. The van der Waals surface area contributed by atoms with Gasteiger partial charge >= 0.3 is 5.97 Å². The fourth-order valence-corrected chi connectivity index (χ4v) is 4.89. The van der Waals surface area contributed by atoms with Gasteiger partial charge < -0.3 is 10.1 Å². The van der Waals surface area contributed by atoms with E-state index in [2.05, 4.69) is 5.32 Å². The highest BCUT2D eigenvalue weighted by molar-refractivity contribution is 6.33. The second kappa shape index (κ2) is 7.88. The first-order chi connectivity index (χ1) is 14.3. The lowest BCUT2D eigenvalue weighted by molar-refractivity contribution is -0.154. The average Bonchev–Trinajstić information content (AvgIpc) is 2.93. The van der Waals surface area contributed by atoms with Gasteiger partial charge in [-0.1, -0.05) is 30.2 Å². The summed E-state index contributed by atoms with van der Waals surface area (Å²) in [6.07, 6.45) is 4.07. The highest BCUT2D eigenvalue weighted by Crippen LogP contribution is 2.45. The van der Waals surface area contributed by atoms with Crippen LogP contribution in [0, 0.1) is 6.92 Å². The Hall–Kier alpha value is -2.66. The van der Waals surface area contributed by atoms with Crippen LogP contribution in [-0.2, 0) is 19.1 Å². The van der Waals surface area contributed by atoms with Crippen LogP contribution in [0.5, 0.6) is 0 Å². The Morgan fingerprint density at radius 1 is 1.13 bits per heavy atom. The number of halogens is 1. The maximum absolute atomic E-state index is 13.2. The summed E-state index contributed by atoms with van der Waals surface area (Å²) in [4.78, 5) is 37.3. The van der Waals surface area contributed by atoms with Crippen LogP contribution in [0.15, 0.2) is 36.4 Å². The standard InChI is InChI=1S/C24H24ClNO4/c1-14-11-19(16-7-6-8-17(12-16)26-15(2)27)20(25)13-18(14)21-22(28)24(30-23(21)29)9-4-3-5-10-24/h6-8,11-13,21H,3-5,9-10H2,1-2H3,(H,26,27). The number of carbonyl (C=O) groups is 3. The second-order valence-corrected chi connectivity index (χ2v) is 8.63. The van der Waals surface area contributed by atoms with Crippen molar-refractivity contribution in [2.45, 2.75) is 57.5 Å². The number of anilines is 1. The SMILES string of the molecule is CC(=O)Nc1cccc(-c2cc(C)c(C3C(=O)OC4(CCCCC4)C3=O)cc2Cl)c1. The van der Waals surface area contributed by atoms with Gasteiger partial charge in [0.25, 0.3) is 0 Å². The molecule has 1 N–H and O–H groups in total. The Bertz CT molecular complexity index is 1040. The molecule has 2 fully saturated rings. The third-order valence-electron chi connectivity index (χ3n) is 6.06. The Morgan fingerprint density at radius 3 is 2.57 bits per heavy atom. The van der Waals surface area contributed by atoms with Gasteiger partial charge in [0.2, 0.25) is 5.91 Å². The third-order valence-corrected chi connectivity index (χ3v) is 6.38. The number of ketones is 1. The smallest absolute Gasteiger partial charge is 0.322 e. The number of benzene rings is 2. The van der Waals surface area contributed by atoms with E-state index in [1.165, 1.54) is 6.92 Å². The topological polar surface area (TPSA) is 72.5 Å². The molecule has 4 rings (SSSR count). The molecule has 1 spiro atoms. The second-order valence-electron chi connectivity index (χ2n) is 8.22. The van der Waals surface area contributed by atoms with E-state index in [0.29, 0.717) is 29.1 Å². The van der Waals surface area contributed by atoms with Crippen LogP contribution in [-0.4, -0.2) is 23.3 Å². The molecule has 1 amide bonds. The molecule has 1 aliphatic carbocycles. The predicted molar refractivity (Wildman–Crippen MR) is 116 cm³/mol. The van der Waals surface area contributed by atoms with Crippen molar-refractivity contribution >= 4 is 34.9 Å². The van der Waals surface area contributed by atoms with Gasteiger partial charge in [-0.15, -0.1) is 0 Å². The lowest BCUT2D eigenvalue weighted by Gasteiger charge is -2.29. The lowest BCUT2D eigenvalue weighted by atomic mass is 9.77. The zero-order valence-corrected chi connectivity index (χ0v) is 17.8. The van der Waals surface area contributed by atoms with Crippen LogP contribution in [0.2, 0.25) is 5.02 Å². The molecule has 0 aromatic heterocycles. The summed E-state index contributed by atoms with van der Waals surface area (Å²) in [6.45, 7) is 3.33. The molecule has 1 saturated carbocycles. The number of amides is 1. The van der Waals surface area contributed by atoms with Gasteiger partial charge in [-0.2, -0.15) is 0 Å². The van der Waals surface area contributed by atoms with Crippen molar-refractivity contribution in [3.8, 4) is 11.1 Å².